The molecule has 0 aliphatic heterocycles. The molecule has 352 valence electrons. The molecule has 0 aromatic heterocycles. The first-order valence-electron chi connectivity index (χ1n) is 26.3. The zero-order valence-corrected chi connectivity index (χ0v) is 39.9. The fourth-order valence-electron chi connectivity index (χ4n) is 7.86. The van der Waals surface area contributed by atoms with Gasteiger partial charge in [-0.3, -0.25) is 9.59 Å². The van der Waals surface area contributed by atoms with Crippen molar-refractivity contribution in [2.75, 3.05) is 13.2 Å². The lowest BCUT2D eigenvalue weighted by molar-refractivity contribution is -0.143. The van der Waals surface area contributed by atoms with Crippen LogP contribution >= 0.6 is 0 Å². The van der Waals surface area contributed by atoms with E-state index in [1.54, 1.807) is 6.08 Å². The Morgan fingerprint density at radius 3 is 1.23 bits per heavy atom. The maximum absolute atomic E-state index is 12.4. The molecule has 0 saturated carbocycles. The van der Waals surface area contributed by atoms with E-state index < -0.39 is 12.1 Å². The van der Waals surface area contributed by atoms with Gasteiger partial charge in [0.1, 0.15) is 0 Å². The quantitative estimate of drug-likeness (QED) is 0.0245. The molecule has 6 heteroatoms. The van der Waals surface area contributed by atoms with Crippen LogP contribution in [0.4, 0.5) is 0 Å². The Morgan fingerprint density at radius 1 is 0.467 bits per heavy atom. The van der Waals surface area contributed by atoms with Gasteiger partial charge < -0.3 is 20.3 Å². The second-order valence-corrected chi connectivity index (χ2v) is 17.9. The summed E-state index contributed by atoms with van der Waals surface area (Å²) in [5.74, 6) is -0.112. The van der Waals surface area contributed by atoms with E-state index in [1.165, 1.54) is 167 Å². The van der Waals surface area contributed by atoms with Crippen molar-refractivity contribution in [3.05, 3.63) is 36.5 Å². The number of rotatable bonds is 48. The van der Waals surface area contributed by atoms with E-state index in [0.717, 1.165) is 77.0 Å². The van der Waals surface area contributed by atoms with E-state index in [9.17, 15) is 19.8 Å². The van der Waals surface area contributed by atoms with E-state index >= 15 is 0 Å². The van der Waals surface area contributed by atoms with Crippen molar-refractivity contribution in [1.29, 1.82) is 0 Å². The molecule has 0 spiro atoms. The van der Waals surface area contributed by atoms with Gasteiger partial charge in [0.05, 0.1) is 25.4 Å². The molecular weight excluding hydrogens is 743 g/mol. The van der Waals surface area contributed by atoms with Gasteiger partial charge in [-0.2, -0.15) is 0 Å². The van der Waals surface area contributed by atoms with Gasteiger partial charge in [0.25, 0.3) is 0 Å². The maximum Gasteiger partial charge on any atom is 0.305 e. The fraction of sp³-hybridized carbons (Fsp3) is 0.852. The third kappa shape index (κ3) is 45.6. The van der Waals surface area contributed by atoms with Crippen molar-refractivity contribution in [3.8, 4) is 0 Å². The van der Waals surface area contributed by atoms with E-state index in [0.29, 0.717) is 19.4 Å². The second kappa shape index (κ2) is 49.7. The molecular formula is C54H101NO5. The van der Waals surface area contributed by atoms with Gasteiger partial charge in [0, 0.05) is 12.8 Å². The molecule has 2 atom stereocenters. The number of ether oxygens (including phenoxy) is 1. The van der Waals surface area contributed by atoms with Crippen LogP contribution in [0, 0.1) is 0 Å². The molecule has 2 unspecified atom stereocenters. The zero-order chi connectivity index (χ0) is 43.7. The SMILES string of the molecule is CCCCCCCCCCC/C=C/C(O)C(CO)NC(=O)CCCCCCCC/C=C\C=C/CCCCCOC(=O)CCCCCCCCCCCCCCCCCCC. The summed E-state index contributed by atoms with van der Waals surface area (Å²) in [5.41, 5.74) is 0. The highest BCUT2D eigenvalue weighted by atomic mass is 16.5. The first-order valence-corrected chi connectivity index (χ1v) is 26.3. The van der Waals surface area contributed by atoms with Gasteiger partial charge in [-0.25, -0.2) is 0 Å². The minimum absolute atomic E-state index is 0.0197. The summed E-state index contributed by atoms with van der Waals surface area (Å²) in [6.07, 6.45) is 60.1. The number of unbranched alkanes of at least 4 members (excludes halogenated alkanes) is 34. The average Bonchev–Trinajstić information content (AvgIpc) is 3.25. The highest BCUT2D eigenvalue weighted by Crippen LogP contribution is 2.16. The molecule has 60 heavy (non-hydrogen) atoms. The molecule has 0 aliphatic rings. The van der Waals surface area contributed by atoms with Gasteiger partial charge in [-0.15, -0.1) is 0 Å². The Morgan fingerprint density at radius 2 is 0.817 bits per heavy atom. The first-order chi connectivity index (χ1) is 29.5. The summed E-state index contributed by atoms with van der Waals surface area (Å²) >= 11 is 0. The molecule has 1 amide bonds. The van der Waals surface area contributed by atoms with Crippen LogP contribution in [0.5, 0.6) is 0 Å². The van der Waals surface area contributed by atoms with Crippen LogP contribution < -0.4 is 5.32 Å². The van der Waals surface area contributed by atoms with Crippen molar-refractivity contribution in [1.82, 2.24) is 5.32 Å². The van der Waals surface area contributed by atoms with Crippen LogP contribution in [0.3, 0.4) is 0 Å². The third-order valence-electron chi connectivity index (χ3n) is 11.9. The van der Waals surface area contributed by atoms with Gasteiger partial charge >= 0.3 is 5.97 Å². The number of aliphatic hydroxyl groups excluding tert-OH is 2. The molecule has 0 heterocycles. The van der Waals surface area contributed by atoms with E-state index in [4.69, 9.17) is 4.74 Å². The number of carbonyl (C=O) groups excluding carboxylic acids is 2. The van der Waals surface area contributed by atoms with Crippen LogP contribution in [0.15, 0.2) is 36.5 Å². The lowest BCUT2D eigenvalue weighted by atomic mass is 10.0. The van der Waals surface area contributed by atoms with Crippen LogP contribution in [-0.4, -0.2) is 47.4 Å². The van der Waals surface area contributed by atoms with Crippen molar-refractivity contribution in [3.63, 3.8) is 0 Å². The second-order valence-electron chi connectivity index (χ2n) is 17.9. The number of esters is 1. The van der Waals surface area contributed by atoms with Crippen LogP contribution in [-0.2, 0) is 14.3 Å². The Bertz CT molecular complexity index is 977. The Balaban J connectivity index is 3.51. The monoisotopic (exact) mass is 844 g/mol. The summed E-state index contributed by atoms with van der Waals surface area (Å²) in [5, 5.41) is 22.9. The molecule has 0 rings (SSSR count). The van der Waals surface area contributed by atoms with Crippen LogP contribution in [0.1, 0.15) is 271 Å². The lowest BCUT2D eigenvalue weighted by Gasteiger charge is -2.20. The molecule has 0 saturated heterocycles. The normalized spacial score (nSPS) is 12.9. The van der Waals surface area contributed by atoms with Crippen molar-refractivity contribution in [2.45, 2.75) is 283 Å². The fourth-order valence-corrected chi connectivity index (χ4v) is 7.86. The van der Waals surface area contributed by atoms with Crippen molar-refractivity contribution >= 4 is 11.9 Å². The first kappa shape index (κ1) is 58.1. The number of nitrogens with one attached hydrogen (secondary N) is 1. The number of carbonyl (C=O) groups is 2. The molecule has 0 aliphatic carbocycles. The Kier molecular flexibility index (Phi) is 48.1. The summed E-state index contributed by atoms with van der Waals surface area (Å²) in [6, 6.07) is -0.643. The Labute approximate surface area is 373 Å². The van der Waals surface area contributed by atoms with Gasteiger partial charge in [0.15, 0.2) is 0 Å². The number of allylic oxidation sites excluding steroid dienone is 5. The lowest BCUT2D eigenvalue weighted by Crippen LogP contribution is -2.45. The van der Waals surface area contributed by atoms with E-state index in [-0.39, 0.29) is 18.5 Å². The minimum Gasteiger partial charge on any atom is -0.466 e. The molecule has 0 aromatic rings. The highest BCUT2D eigenvalue weighted by Gasteiger charge is 2.18. The number of aliphatic hydroxyl groups is 2. The Hall–Kier alpha value is -1.92. The average molecular weight is 844 g/mol. The summed E-state index contributed by atoms with van der Waals surface area (Å²) in [6.45, 7) is 4.83. The standard InChI is InChI=1S/C54H101NO5/c1-3-5-7-9-11-13-15-16-17-18-21-24-28-32-36-40-44-48-54(59)60-49-45-41-37-33-29-25-22-19-20-23-27-31-35-39-43-47-53(58)55-51(50-56)52(57)46-42-38-34-30-26-14-12-10-8-6-4-2/h19,22,25,29,42,46,51-52,56-57H,3-18,20-21,23-24,26-28,30-41,43-45,47-50H2,1-2H3,(H,55,58)/b22-19-,29-25-,46-42+. The summed E-state index contributed by atoms with van der Waals surface area (Å²) in [4.78, 5) is 24.4. The maximum atomic E-state index is 12.4. The number of hydrogen-bond acceptors (Lipinski definition) is 5. The highest BCUT2D eigenvalue weighted by molar-refractivity contribution is 5.76. The number of hydrogen-bond donors (Lipinski definition) is 3. The smallest absolute Gasteiger partial charge is 0.305 e. The van der Waals surface area contributed by atoms with Gasteiger partial charge in [-0.05, 0) is 64.2 Å². The topological polar surface area (TPSA) is 95.9 Å². The molecule has 3 N–H and O–H groups in total. The van der Waals surface area contributed by atoms with Gasteiger partial charge in [0.2, 0.25) is 5.91 Å². The molecule has 6 nitrogen and oxygen atoms in total. The van der Waals surface area contributed by atoms with E-state index in [2.05, 4.69) is 43.5 Å². The van der Waals surface area contributed by atoms with Gasteiger partial charge in [-0.1, -0.05) is 230 Å². The predicted octanol–water partition coefficient (Wildman–Crippen LogP) is 15.7. The summed E-state index contributed by atoms with van der Waals surface area (Å²) in [7, 11) is 0. The van der Waals surface area contributed by atoms with Crippen LogP contribution in [0.2, 0.25) is 0 Å². The molecule has 0 aromatic carbocycles. The minimum atomic E-state index is -0.857. The van der Waals surface area contributed by atoms with Crippen molar-refractivity contribution < 1.29 is 24.5 Å². The summed E-state index contributed by atoms with van der Waals surface area (Å²) < 4.78 is 5.45. The zero-order valence-electron chi connectivity index (χ0n) is 39.9. The van der Waals surface area contributed by atoms with Crippen LogP contribution in [0.25, 0.3) is 0 Å². The third-order valence-corrected chi connectivity index (χ3v) is 11.9. The van der Waals surface area contributed by atoms with E-state index in [1.807, 2.05) is 6.08 Å². The van der Waals surface area contributed by atoms with Crippen molar-refractivity contribution in [2.24, 2.45) is 0 Å². The molecule has 0 fully saturated rings. The molecule has 0 radical (unpaired) electrons. The molecule has 0 bridgehead atoms. The predicted molar refractivity (Wildman–Crippen MR) is 259 cm³/mol. The largest absolute Gasteiger partial charge is 0.466 e. The number of amides is 1.